The average molecular weight is 491 g/mol. The number of aryl methyl sites for hydroxylation is 1. The van der Waals surface area contributed by atoms with Gasteiger partial charge in [-0.1, -0.05) is 0 Å². The average Bonchev–Trinajstić information content (AvgIpc) is 3.53. The molecule has 10 nitrogen and oxygen atoms in total. The molecule has 0 unspecified atom stereocenters. The van der Waals surface area contributed by atoms with Crippen LogP contribution in [0.1, 0.15) is 37.0 Å². The van der Waals surface area contributed by atoms with Crippen LogP contribution in [0.2, 0.25) is 0 Å². The molecule has 1 aliphatic rings. The molecule has 186 valence electrons. The highest BCUT2D eigenvalue weighted by Crippen LogP contribution is 2.28. The summed E-state index contributed by atoms with van der Waals surface area (Å²) in [6, 6.07) is 4.90. The van der Waals surface area contributed by atoms with Crippen LogP contribution in [0.25, 0.3) is 22.3 Å². The van der Waals surface area contributed by atoms with Crippen LogP contribution in [-0.2, 0) is 11.8 Å². The van der Waals surface area contributed by atoms with Crippen molar-refractivity contribution in [3.63, 3.8) is 0 Å². The first-order chi connectivity index (χ1) is 17.2. The standard InChI is InChI=1S/C25H27FN8O2/c1-25(2)5-4-6-34(25)14-21(35)30-18-9-20(22(26)27-12-18)32-24(36)16-7-15-8-19(31-23(15)28-10-16)17-11-29-33(3)13-17/h7-13H,4-6,14H2,1-3H3,(H,28,31)(H,30,35)(H,32,36). The smallest absolute Gasteiger partial charge is 0.257 e. The number of hydrogen-bond donors (Lipinski definition) is 3. The molecule has 1 aliphatic heterocycles. The Morgan fingerprint density at radius 2 is 1.97 bits per heavy atom. The highest BCUT2D eigenvalue weighted by Gasteiger charge is 2.32. The number of pyridine rings is 2. The lowest BCUT2D eigenvalue weighted by atomic mass is 10.0. The second kappa shape index (κ2) is 9.15. The molecule has 5 heterocycles. The number of aromatic amines is 1. The number of aromatic nitrogens is 5. The van der Waals surface area contributed by atoms with Gasteiger partial charge in [-0.15, -0.1) is 0 Å². The molecule has 0 bridgehead atoms. The first-order valence-corrected chi connectivity index (χ1v) is 11.7. The van der Waals surface area contributed by atoms with Crippen LogP contribution in [0, 0.1) is 5.95 Å². The maximum absolute atomic E-state index is 14.4. The third-order valence-corrected chi connectivity index (χ3v) is 6.53. The third kappa shape index (κ3) is 4.82. The predicted molar refractivity (Wildman–Crippen MR) is 134 cm³/mol. The number of likely N-dealkylation sites (tertiary alicyclic amines) is 1. The highest BCUT2D eigenvalue weighted by atomic mass is 19.1. The van der Waals surface area contributed by atoms with Gasteiger partial charge in [-0.3, -0.25) is 19.2 Å². The monoisotopic (exact) mass is 490 g/mol. The Hall–Kier alpha value is -4.12. The van der Waals surface area contributed by atoms with E-state index in [0.717, 1.165) is 36.0 Å². The van der Waals surface area contributed by atoms with Crippen LogP contribution < -0.4 is 10.6 Å². The van der Waals surface area contributed by atoms with Gasteiger partial charge in [0.05, 0.1) is 41.6 Å². The molecule has 0 spiro atoms. The fraction of sp³-hybridized carbons (Fsp3) is 0.320. The minimum absolute atomic E-state index is 0.0368. The van der Waals surface area contributed by atoms with Gasteiger partial charge in [0.15, 0.2) is 0 Å². The van der Waals surface area contributed by atoms with Gasteiger partial charge in [-0.2, -0.15) is 9.49 Å². The van der Waals surface area contributed by atoms with Crippen LogP contribution in [0.3, 0.4) is 0 Å². The summed E-state index contributed by atoms with van der Waals surface area (Å²) in [7, 11) is 1.83. The van der Waals surface area contributed by atoms with Gasteiger partial charge in [0.1, 0.15) is 5.65 Å². The predicted octanol–water partition coefficient (Wildman–Crippen LogP) is 3.56. The van der Waals surface area contributed by atoms with Crippen LogP contribution in [0.15, 0.2) is 43.0 Å². The van der Waals surface area contributed by atoms with Crippen LogP contribution >= 0.6 is 0 Å². The van der Waals surface area contributed by atoms with Crippen molar-refractivity contribution in [2.75, 3.05) is 23.7 Å². The van der Waals surface area contributed by atoms with E-state index < -0.39 is 11.9 Å². The number of H-pyrrole nitrogens is 1. The largest absolute Gasteiger partial charge is 0.339 e. The number of fused-ring (bicyclic) bond motifs is 1. The summed E-state index contributed by atoms with van der Waals surface area (Å²) in [4.78, 5) is 38.7. The number of nitrogens with zero attached hydrogens (tertiary/aromatic N) is 5. The van der Waals surface area contributed by atoms with Crippen molar-refractivity contribution in [3.05, 3.63) is 54.5 Å². The number of carbonyl (C=O) groups excluding carboxylic acids is 2. The van der Waals surface area contributed by atoms with E-state index in [9.17, 15) is 14.0 Å². The first kappa shape index (κ1) is 23.6. The fourth-order valence-electron chi connectivity index (χ4n) is 4.48. The zero-order chi connectivity index (χ0) is 25.4. The summed E-state index contributed by atoms with van der Waals surface area (Å²) in [5, 5.41) is 10.2. The molecule has 1 saturated heterocycles. The van der Waals surface area contributed by atoms with E-state index in [1.165, 1.54) is 18.5 Å². The molecule has 4 aromatic heterocycles. The van der Waals surface area contributed by atoms with Gasteiger partial charge in [0.25, 0.3) is 5.91 Å². The van der Waals surface area contributed by atoms with Gasteiger partial charge in [-0.05, 0) is 51.4 Å². The topological polar surface area (TPSA) is 121 Å². The summed E-state index contributed by atoms with van der Waals surface area (Å²) in [6.45, 7) is 5.31. The lowest BCUT2D eigenvalue weighted by Gasteiger charge is -2.30. The fourth-order valence-corrected chi connectivity index (χ4v) is 4.48. The minimum atomic E-state index is -0.850. The molecule has 0 aliphatic carbocycles. The van der Waals surface area contributed by atoms with Crippen molar-refractivity contribution in [2.45, 2.75) is 32.2 Å². The number of amides is 2. The summed E-state index contributed by atoms with van der Waals surface area (Å²) >= 11 is 0. The molecule has 3 N–H and O–H groups in total. The number of hydrogen-bond acceptors (Lipinski definition) is 6. The van der Waals surface area contributed by atoms with Crippen molar-refractivity contribution in [3.8, 4) is 11.3 Å². The molecule has 5 rings (SSSR count). The number of carbonyl (C=O) groups is 2. The molecule has 11 heteroatoms. The minimum Gasteiger partial charge on any atom is -0.339 e. The van der Waals surface area contributed by atoms with Crippen LogP contribution in [0.4, 0.5) is 15.8 Å². The zero-order valence-corrected chi connectivity index (χ0v) is 20.3. The van der Waals surface area contributed by atoms with Crippen LogP contribution in [0.5, 0.6) is 0 Å². The second-order valence-electron chi connectivity index (χ2n) is 9.65. The Morgan fingerprint density at radius 3 is 2.69 bits per heavy atom. The Kier molecular flexibility index (Phi) is 6.00. The number of rotatable bonds is 6. The molecular formula is C25H27FN8O2. The van der Waals surface area contributed by atoms with Gasteiger partial charge < -0.3 is 15.6 Å². The molecule has 0 saturated carbocycles. The van der Waals surface area contributed by atoms with Gasteiger partial charge in [0, 0.05) is 35.9 Å². The molecular weight excluding hydrogens is 463 g/mol. The zero-order valence-electron chi connectivity index (χ0n) is 20.3. The third-order valence-electron chi connectivity index (χ3n) is 6.53. The van der Waals surface area contributed by atoms with E-state index in [2.05, 4.69) is 49.4 Å². The van der Waals surface area contributed by atoms with Gasteiger partial charge >= 0.3 is 0 Å². The van der Waals surface area contributed by atoms with E-state index >= 15 is 0 Å². The lowest BCUT2D eigenvalue weighted by molar-refractivity contribution is -0.118. The quantitative estimate of drug-likeness (QED) is 0.356. The van der Waals surface area contributed by atoms with Crippen molar-refractivity contribution >= 4 is 34.2 Å². The lowest BCUT2D eigenvalue weighted by Crippen LogP contribution is -2.42. The normalized spacial score (nSPS) is 15.3. The molecule has 36 heavy (non-hydrogen) atoms. The summed E-state index contributed by atoms with van der Waals surface area (Å²) in [5.74, 6) is -1.62. The van der Waals surface area contributed by atoms with Crippen molar-refractivity contribution in [2.24, 2.45) is 7.05 Å². The van der Waals surface area contributed by atoms with E-state index in [0.29, 0.717) is 11.3 Å². The molecule has 4 aromatic rings. The Bertz CT molecular complexity index is 1460. The first-order valence-electron chi connectivity index (χ1n) is 11.7. The number of nitrogens with one attached hydrogen (secondary N) is 3. The maximum Gasteiger partial charge on any atom is 0.257 e. The highest BCUT2D eigenvalue weighted by molar-refractivity contribution is 6.06. The summed E-state index contributed by atoms with van der Waals surface area (Å²) < 4.78 is 16.1. The van der Waals surface area contributed by atoms with E-state index in [4.69, 9.17) is 0 Å². The molecule has 0 radical (unpaired) electrons. The van der Waals surface area contributed by atoms with Crippen molar-refractivity contribution in [1.29, 1.82) is 0 Å². The summed E-state index contributed by atoms with van der Waals surface area (Å²) in [5.41, 5.74) is 2.71. The molecule has 1 fully saturated rings. The number of anilines is 2. The Labute approximate surface area is 206 Å². The van der Waals surface area contributed by atoms with Crippen molar-refractivity contribution in [1.82, 2.24) is 29.6 Å². The molecule has 2 amide bonds. The summed E-state index contributed by atoms with van der Waals surface area (Å²) in [6.07, 6.45) is 8.31. The molecule has 0 atom stereocenters. The van der Waals surface area contributed by atoms with E-state index in [1.807, 2.05) is 19.3 Å². The van der Waals surface area contributed by atoms with E-state index in [1.54, 1.807) is 16.9 Å². The molecule has 0 aromatic carbocycles. The second-order valence-corrected chi connectivity index (χ2v) is 9.65. The maximum atomic E-state index is 14.4. The van der Waals surface area contributed by atoms with Crippen molar-refractivity contribution < 1.29 is 14.0 Å². The van der Waals surface area contributed by atoms with Crippen LogP contribution in [-0.4, -0.2) is 60.1 Å². The Morgan fingerprint density at radius 1 is 1.14 bits per heavy atom. The van der Waals surface area contributed by atoms with E-state index in [-0.39, 0.29) is 29.2 Å². The Balaban J connectivity index is 1.29. The number of halogens is 1. The van der Waals surface area contributed by atoms with Gasteiger partial charge in [-0.25, -0.2) is 9.97 Å². The van der Waals surface area contributed by atoms with Gasteiger partial charge in [0.2, 0.25) is 11.9 Å². The SMILES string of the molecule is Cn1cc(-c2cc3cc(C(=O)Nc4cc(NC(=O)CN5CCCC5(C)C)cnc4F)cnc3[nH]2)cn1.